The van der Waals surface area contributed by atoms with Crippen LogP contribution in [0.2, 0.25) is 0 Å². The van der Waals surface area contributed by atoms with Gasteiger partial charge in [0.1, 0.15) is 0 Å². The second-order valence-electron chi connectivity index (χ2n) is 7.74. The van der Waals surface area contributed by atoms with Crippen LogP contribution < -0.4 is 0 Å². The summed E-state index contributed by atoms with van der Waals surface area (Å²) in [5, 5.41) is 0. The summed E-state index contributed by atoms with van der Waals surface area (Å²) in [5.41, 5.74) is 7.27. The van der Waals surface area contributed by atoms with E-state index < -0.39 is 0 Å². The minimum Gasteiger partial charge on any atom is -0.258 e. The van der Waals surface area contributed by atoms with Gasteiger partial charge < -0.3 is 0 Å². The highest BCUT2D eigenvalue weighted by molar-refractivity contribution is 6.14. The van der Waals surface area contributed by atoms with E-state index in [9.17, 15) is 0 Å². The largest absolute Gasteiger partial charge is 0.258 e. The second-order valence-corrected chi connectivity index (χ2v) is 7.74. The van der Waals surface area contributed by atoms with Crippen LogP contribution in [0.1, 0.15) is 47.6 Å². The van der Waals surface area contributed by atoms with Gasteiger partial charge in [-0.25, -0.2) is 4.99 Å². The Labute approximate surface area is 178 Å². The zero-order valence-electron chi connectivity index (χ0n) is 16.9. The third-order valence-electron chi connectivity index (χ3n) is 5.72. The molecule has 3 aromatic rings. The van der Waals surface area contributed by atoms with Gasteiger partial charge in [-0.1, -0.05) is 103 Å². The molecule has 0 bridgehead atoms. The van der Waals surface area contributed by atoms with Gasteiger partial charge in [0, 0.05) is 12.0 Å². The molecule has 3 aromatic carbocycles. The Kier molecular flexibility index (Phi) is 5.22. The van der Waals surface area contributed by atoms with Crippen LogP contribution in [0.3, 0.4) is 0 Å². The Morgan fingerprint density at radius 3 is 2.10 bits per heavy atom. The number of benzene rings is 3. The van der Waals surface area contributed by atoms with Crippen LogP contribution in [0.25, 0.3) is 5.57 Å². The zero-order chi connectivity index (χ0) is 20.2. The molecule has 1 atom stereocenters. The molecule has 1 heterocycles. The molecule has 0 saturated carbocycles. The molecular formula is C28H24N2. The highest BCUT2D eigenvalue weighted by atomic mass is 15.0. The Balaban J connectivity index is 1.50. The topological polar surface area (TPSA) is 24.7 Å². The van der Waals surface area contributed by atoms with Crippen molar-refractivity contribution in [2.24, 2.45) is 9.98 Å². The van der Waals surface area contributed by atoms with E-state index in [4.69, 9.17) is 9.98 Å². The molecule has 0 spiro atoms. The second kappa shape index (κ2) is 8.46. The van der Waals surface area contributed by atoms with E-state index in [2.05, 4.69) is 85.0 Å². The Hall–Kier alpha value is -3.52. The summed E-state index contributed by atoms with van der Waals surface area (Å²) in [6.45, 7) is 0. The smallest absolute Gasteiger partial charge is 0.155 e. The number of hydrogen-bond acceptors (Lipinski definition) is 2. The molecule has 2 aliphatic rings. The normalized spacial score (nSPS) is 18.4. The first kappa shape index (κ1) is 18.5. The maximum absolute atomic E-state index is 5.00. The maximum Gasteiger partial charge on any atom is 0.155 e. The van der Waals surface area contributed by atoms with Crippen LogP contribution in [0.4, 0.5) is 0 Å². The molecule has 1 aliphatic carbocycles. The van der Waals surface area contributed by atoms with Gasteiger partial charge in [-0.2, -0.15) is 0 Å². The van der Waals surface area contributed by atoms with Crippen molar-refractivity contribution in [3.05, 3.63) is 125 Å². The predicted molar refractivity (Wildman–Crippen MR) is 126 cm³/mol. The molecule has 0 N–H and O–H groups in total. The number of nitrogens with zero attached hydrogens (tertiary/aromatic N) is 2. The molecule has 1 aliphatic heterocycles. The minimum atomic E-state index is 0.0831. The summed E-state index contributed by atoms with van der Waals surface area (Å²) >= 11 is 0. The molecule has 2 nitrogen and oxygen atoms in total. The fraction of sp³-hybridized carbons (Fsp3) is 0.143. The van der Waals surface area contributed by atoms with Crippen LogP contribution >= 0.6 is 0 Å². The molecular weight excluding hydrogens is 364 g/mol. The zero-order valence-corrected chi connectivity index (χ0v) is 16.9. The molecule has 1 unspecified atom stereocenters. The van der Waals surface area contributed by atoms with Crippen LogP contribution in [0.5, 0.6) is 0 Å². The average Bonchev–Trinajstić information content (AvgIpc) is 2.85. The van der Waals surface area contributed by atoms with Crippen molar-refractivity contribution < 1.29 is 0 Å². The van der Waals surface area contributed by atoms with E-state index in [0.29, 0.717) is 0 Å². The third-order valence-corrected chi connectivity index (χ3v) is 5.72. The van der Waals surface area contributed by atoms with Crippen LogP contribution in [-0.4, -0.2) is 11.5 Å². The molecule has 5 rings (SSSR count). The maximum atomic E-state index is 5.00. The first-order valence-electron chi connectivity index (χ1n) is 10.6. The van der Waals surface area contributed by atoms with E-state index in [1.807, 2.05) is 18.2 Å². The first-order valence-corrected chi connectivity index (χ1v) is 10.6. The van der Waals surface area contributed by atoms with Crippen LogP contribution in [0, 0.1) is 0 Å². The van der Waals surface area contributed by atoms with Crippen molar-refractivity contribution in [1.29, 1.82) is 0 Å². The van der Waals surface area contributed by atoms with Gasteiger partial charge in [0.15, 0.2) is 5.84 Å². The number of amidine groups is 1. The van der Waals surface area contributed by atoms with Crippen molar-refractivity contribution in [3.63, 3.8) is 0 Å². The molecule has 2 heteroatoms. The Bertz CT molecular complexity index is 1130. The van der Waals surface area contributed by atoms with Crippen molar-refractivity contribution >= 4 is 17.1 Å². The van der Waals surface area contributed by atoms with E-state index >= 15 is 0 Å². The highest BCUT2D eigenvalue weighted by Gasteiger charge is 2.21. The van der Waals surface area contributed by atoms with Crippen molar-refractivity contribution in [1.82, 2.24) is 0 Å². The number of allylic oxidation sites excluding steroid dienone is 4. The van der Waals surface area contributed by atoms with E-state index in [0.717, 1.165) is 36.4 Å². The Morgan fingerprint density at radius 2 is 1.40 bits per heavy atom. The lowest BCUT2D eigenvalue weighted by Crippen LogP contribution is -2.17. The van der Waals surface area contributed by atoms with Gasteiger partial charge in [0.25, 0.3) is 0 Å². The average molecular weight is 389 g/mol. The summed E-state index contributed by atoms with van der Waals surface area (Å²) in [7, 11) is 0. The lowest BCUT2D eigenvalue weighted by molar-refractivity contribution is 0.753. The molecule has 0 fully saturated rings. The van der Waals surface area contributed by atoms with Crippen LogP contribution in [0.15, 0.2) is 113 Å². The van der Waals surface area contributed by atoms with Crippen molar-refractivity contribution in [2.45, 2.75) is 25.3 Å². The summed E-state index contributed by atoms with van der Waals surface area (Å²) in [6.07, 6.45) is 9.65. The molecule has 0 aromatic heterocycles. The summed E-state index contributed by atoms with van der Waals surface area (Å²) < 4.78 is 0. The third kappa shape index (κ3) is 3.95. The lowest BCUT2D eigenvalue weighted by atomic mass is 9.93. The highest BCUT2D eigenvalue weighted by Crippen LogP contribution is 2.30. The molecule has 0 saturated heterocycles. The van der Waals surface area contributed by atoms with E-state index in [1.54, 1.807) is 0 Å². The fourth-order valence-electron chi connectivity index (χ4n) is 4.07. The number of aliphatic imine (C=N–C) groups is 2. The fourth-order valence-corrected chi connectivity index (χ4v) is 4.07. The number of rotatable bonds is 4. The van der Waals surface area contributed by atoms with E-state index in [-0.39, 0.29) is 6.04 Å². The van der Waals surface area contributed by atoms with Crippen molar-refractivity contribution in [3.8, 4) is 0 Å². The SMILES string of the molecule is C1=CCCC(c2ccc(C3=NC(c4ccccc4)=NC(c4ccccc4)C3)cc2)=C1. The lowest BCUT2D eigenvalue weighted by Gasteiger charge is -2.21. The van der Waals surface area contributed by atoms with Crippen LogP contribution in [-0.2, 0) is 0 Å². The molecule has 0 radical (unpaired) electrons. The van der Waals surface area contributed by atoms with E-state index in [1.165, 1.54) is 22.3 Å². The summed E-state index contributed by atoms with van der Waals surface area (Å²) in [5.74, 6) is 0.815. The monoisotopic (exact) mass is 388 g/mol. The van der Waals surface area contributed by atoms with Gasteiger partial charge in [-0.3, -0.25) is 4.99 Å². The van der Waals surface area contributed by atoms with Gasteiger partial charge in [-0.05, 0) is 35.1 Å². The predicted octanol–water partition coefficient (Wildman–Crippen LogP) is 6.80. The quantitative estimate of drug-likeness (QED) is 0.469. The summed E-state index contributed by atoms with van der Waals surface area (Å²) in [6, 6.07) is 29.8. The van der Waals surface area contributed by atoms with Gasteiger partial charge in [0.05, 0.1) is 11.8 Å². The van der Waals surface area contributed by atoms with Gasteiger partial charge in [-0.15, -0.1) is 0 Å². The minimum absolute atomic E-state index is 0.0831. The van der Waals surface area contributed by atoms with Gasteiger partial charge >= 0.3 is 0 Å². The standard InChI is InChI=1S/C28H24N2/c1-4-10-21(11-5-1)22-16-18-24(19-17-22)27-20-26(23-12-6-2-7-13-23)29-28(30-27)25-14-8-3-9-15-25/h1-4,6-10,12-19,26H,5,11,20H2. The number of hydrogen-bond donors (Lipinski definition) is 0. The molecule has 146 valence electrons. The summed E-state index contributed by atoms with van der Waals surface area (Å²) in [4.78, 5) is 9.98. The van der Waals surface area contributed by atoms with Gasteiger partial charge in [0.2, 0.25) is 0 Å². The van der Waals surface area contributed by atoms with Crippen molar-refractivity contribution in [2.75, 3.05) is 0 Å². The first-order chi connectivity index (χ1) is 14.9. The molecule has 0 amide bonds. The Morgan fingerprint density at radius 1 is 0.700 bits per heavy atom. The molecule has 30 heavy (non-hydrogen) atoms.